The predicted octanol–water partition coefficient (Wildman–Crippen LogP) is 3.16. The molecule has 0 spiro atoms. The number of hydrogen-bond acceptors (Lipinski definition) is 3. The third-order valence-corrected chi connectivity index (χ3v) is 3.54. The molecule has 0 aliphatic carbocycles. The van der Waals surface area contributed by atoms with Crippen LogP contribution in [0.1, 0.15) is 31.3 Å². The minimum Gasteiger partial charge on any atom is -0.396 e. The Bertz CT molecular complexity index is 582. The average molecular weight is 230 g/mol. The molecule has 0 aliphatic rings. The number of nitrogens with zero attached hydrogens (tertiary/aromatic N) is 1. The van der Waals surface area contributed by atoms with Crippen molar-refractivity contribution in [2.75, 3.05) is 5.73 Å². The van der Waals surface area contributed by atoms with Gasteiger partial charge in [-0.3, -0.25) is 0 Å². The summed E-state index contributed by atoms with van der Waals surface area (Å²) >= 11 is 1.48. The lowest BCUT2D eigenvalue weighted by atomic mass is 9.91. The molecule has 0 atom stereocenters. The van der Waals surface area contributed by atoms with Crippen molar-refractivity contribution >= 4 is 27.2 Å². The number of nitrogen functional groups attached to an aromatic ring is 1. The van der Waals surface area contributed by atoms with Crippen molar-refractivity contribution in [3.05, 3.63) is 22.7 Å². The van der Waals surface area contributed by atoms with E-state index in [0.29, 0.717) is 5.69 Å². The second kappa shape index (κ2) is 3.50. The summed E-state index contributed by atoms with van der Waals surface area (Å²) in [7, 11) is 0. The number of thiophene rings is 1. The standard InChI is InChI=1S/C13H14N2S/c1-5-9-11(14)8-6-7-10(13(2,3)4)15-12(8)16-9/h1,6-7H,14H2,2-4H3. The van der Waals surface area contributed by atoms with Crippen LogP contribution in [0.4, 0.5) is 5.69 Å². The molecule has 0 saturated heterocycles. The number of anilines is 1. The zero-order valence-electron chi connectivity index (χ0n) is 9.66. The molecule has 16 heavy (non-hydrogen) atoms. The summed E-state index contributed by atoms with van der Waals surface area (Å²) in [6.07, 6.45) is 5.39. The molecule has 0 aliphatic heterocycles. The van der Waals surface area contributed by atoms with Gasteiger partial charge in [0.25, 0.3) is 0 Å². The van der Waals surface area contributed by atoms with Crippen molar-refractivity contribution < 1.29 is 0 Å². The zero-order chi connectivity index (χ0) is 11.9. The van der Waals surface area contributed by atoms with Gasteiger partial charge in [0.2, 0.25) is 0 Å². The largest absolute Gasteiger partial charge is 0.396 e. The summed E-state index contributed by atoms with van der Waals surface area (Å²) in [5, 5.41) is 0.964. The van der Waals surface area contributed by atoms with Crippen LogP contribution in [-0.4, -0.2) is 4.98 Å². The third-order valence-electron chi connectivity index (χ3n) is 2.49. The van der Waals surface area contributed by atoms with E-state index in [1.165, 1.54) is 11.3 Å². The Hall–Kier alpha value is -1.53. The maximum Gasteiger partial charge on any atom is 0.126 e. The van der Waals surface area contributed by atoms with Crippen LogP contribution in [0.25, 0.3) is 10.2 Å². The molecule has 2 aromatic heterocycles. The first-order valence-corrected chi connectivity index (χ1v) is 5.91. The van der Waals surface area contributed by atoms with Gasteiger partial charge in [0.15, 0.2) is 0 Å². The van der Waals surface area contributed by atoms with Gasteiger partial charge in [-0.25, -0.2) is 4.98 Å². The Balaban J connectivity index is 2.70. The highest BCUT2D eigenvalue weighted by Gasteiger charge is 2.17. The lowest BCUT2D eigenvalue weighted by Gasteiger charge is -2.17. The van der Waals surface area contributed by atoms with E-state index in [2.05, 4.69) is 31.7 Å². The Morgan fingerprint density at radius 1 is 1.38 bits per heavy atom. The number of aromatic nitrogens is 1. The summed E-state index contributed by atoms with van der Waals surface area (Å²) < 4.78 is 0. The Morgan fingerprint density at radius 3 is 2.62 bits per heavy atom. The molecule has 2 heterocycles. The zero-order valence-corrected chi connectivity index (χ0v) is 10.5. The first-order valence-electron chi connectivity index (χ1n) is 5.09. The number of rotatable bonds is 0. The predicted molar refractivity (Wildman–Crippen MR) is 70.7 cm³/mol. The Morgan fingerprint density at radius 2 is 2.06 bits per heavy atom. The van der Waals surface area contributed by atoms with Crippen LogP contribution in [0, 0.1) is 12.3 Å². The van der Waals surface area contributed by atoms with Crippen LogP contribution in [0.5, 0.6) is 0 Å². The van der Waals surface area contributed by atoms with E-state index in [0.717, 1.165) is 20.8 Å². The van der Waals surface area contributed by atoms with E-state index < -0.39 is 0 Å². The highest BCUT2D eigenvalue weighted by atomic mass is 32.1. The van der Waals surface area contributed by atoms with E-state index in [9.17, 15) is 0 Å². The summed E-state index contributed by atoms with van der Waals surface area (Å²) in [5.41, 5.74) is 7.72. The molecule has 0 unspecified atom stereocenters. The van der Waals surface area contributed by atoms with Gasteiger partial charge in [-0.2, -0.15) is 0 Å². The lowest BCUT2D eigenvalue weighted by molar-refractivity contribution is 0.572. The molecule has 2 nitrogen and oxygen atoms in total. The summed E-state index contributed by atoms with van der Waals surface area (Å²) in [6.45, 7) is 6.42. The first kappa shape index (κ1) is 11.0. The maximum absolute atomic E-state index is 5.94. The van der Waals surface area contributed by atoms with Crippen molar-refractivity contribution in [3.8, 4) is 12.3 Å². The second-order valence-corrected chi connectivity index (χ2v) is 5.79. The number of fused-ring (bicyclic) bond motifs is 1. The molecule has 0 amide bonds. The van der Waals surface area contributed by atoms with Gasteiger partial charge >= 0.3 is 0 Å². The molecule has 2 N–H and O–H groups in total. The van der Waals surface area contributed by atoms with Gasteiger partial charge in [0.05, 0.1) is 5.69 Å². The van der Waals surface area contributed by atoms with Gasteiger partial charge in [-0.15, -0.1) is 17.8 Å². The second-order valence-electron chi connectivity index (χ2n) is 4.79. The molecular weight excluding hydrogens is 216 g/mol. The van der Waals surface area contributed by atoms with Crippen LogP contribution in [0.3, 0.4) is 0 Å². The quantitative estimate of drug-likeness (QED) is 0.706. The van der Waals surface area contributed by atoms with E-state index in [1.807, 2.05) is 12.1 Å². The normalized spacial score (nSPS) is 11.6. The Labute approximate surface area is 99.5 Å². The highest BCUT2D eigenvalue weighted by Crippen LogP contribution is 2.33. The maximum atomic E-state index is 5.94. The highest BCUT2D eigenvalue weighted by molar-refractivity contribution is 7.19. The fourth-order valence-corrected chi connectivity index (χ4v) is 2.43. The number of nitrogens with two attached hydrogens (primary N) is 1. The fourth-order valence-electron chi connectivity index (χ4n) is 1.52. The fraction of sp³-hybridized carbons (Fsp3) is 0.308. The van der Waals surface area contributed by atoms with Gasteiger partial charge < -0.3 is 5.73 Å². The molecular formula is C13H14N2S. The molecule has 0 bridgehead atoms. The van der Waals surface area contributed by atoms with E-state index in [-0.39, 0.29) is 5.41 Å². The number of hydrogen-bond donors (Lipinski definition) is 1. The molecule has 82 valence electrons. The molecule has 2 rings (SSSR count). The van der Waals surface area contributed by atoms with Crippen LogP contribution < -0.4 is 5.73 Å². The lowest BCUT2D eigenvalue weighted by Crippen LogP contribution is -2.12. The third kappa shape index (κ3) is 1.66. The molecule has 0 aromatic carbocycles. The van der Waals surface area contributed by atoms with Crippen molar-refractivity contribution in [1.29, 1.82) is 0 Å². The SMILES string of the molecule is C#Cc1sc2nc(C(C)(C)C)ccc2c1N. The van der Waals surface area contributed by atoms with Gasteiger partial charge in [-0.05, 0) is 12.1 Å². The summed E-state index contributed by atoms with van der Waals surface area (Å²) in [5.74, 6) is 2.60. The minimum atomic E-state index is 0.0449. The van der Waals surface area contributed by atoms with Crippen molar-refractivity contribution in [1.82, 2.24) is 4.98 Å². The van der Waals surface area contributed by atoms with Crippen molar-refractivity contribution in [2.45, 2.75) is 26.2 Å². The van der Waals surface area contributed by atoms with Crippen molar-refractivity contribution in [2.24, 2.45) is 0 Å². The van der Waals surface area contributed by atoms with Gasteiger partial charge in [0, 0.05) is 16.5 Å². The number of terminal acetylenes is 1. The van der Waals surface area contributed by atoms with E-state index in [1.54, 1.807) is 0 Å². The molecule has 0 radical (unpaired) electrons. The topological polar surface area (TPSA) is 38.9 Å². The molecule has 0 saturated carbocycles. The smallest absolute Gasteiger partial charge is 0.126 e. The van der Waals surface area contributed by atoms with Gasteiger partial charge in [-0.1, -0.05) is 26.7 Å². The van der Waals surface area contributed by atoms with Crippen LogP contribution in [-0.2, 0) is 5.41 Å². The average Bonchev–Trinajstić information content (AvgIpc) is 2.54. The molecule has 0 fully saturated rings. The minimum absolute atomic E-state index is 0.0449. The number of pyridine rings is 1. The van der Waals surface area contributed by atoms with E-state index >= 15 is 0 Å². The first-order chi connectivity index (χ1) is 7.43. The van der Waals surface area contributed by atoms with Gasteiger partial charge in [0.1, 0.15) is 9.71 Å². The van der Waals surface area contributed by atoms with Crippen molar-refractivity contribution in [3.63, 3.8) is 0 Å². The van der Waals surface area contributed by atoms with Crippen LogP contribution in [0.2, 0.25) is 0 Å². The van der Waals surface area contributed by atoms with Crippen LogP contribution >= 0.6 is 11.3 Å². The monoisotopic (exact) mass is 230 g/mol. The summed E-state index contributed by atoms with van der Waals surface area (Å²) in [4.78, 5) is 6.32. The van der Waals surface area contributed by atoms with Crippen LogP contribution in [0.15, 0.2) is 12.1 Å². The summed E-state index contributed by atoms with van der Waals surface area (Å²) in [6, 6.07) is 4.03. The molecule has 2 aromatic rings. The van der Waals surface area contributed by atoms with E-state index in [4.69, 9.17) is 12.2 Å². The molecule has 3 heteroatoms. The Kier molecular flexibility index (Phi) is 2.40.